The summed E-state index contributed by atoms with van der Waals surface area (Å²) in [6.45, 7) is 4.69. The Bertz CT molecular complexity index is 1420. The molecule has 0 heterocycles. The van der Waals surface area contributed by atoms with Gasteiger partial charge in [0, 0.05) is 25.7 Å². The van der Waals surface area contributed by atoms with E-state index in [2.05, 4.69) is 27.7 Å². The minimum absolute atomic E-state index is 0.103. The minimum Gasteiger partial charge on any atom is -0.462 e. The molecular weight excluding hydrogens is 971 g/mol. The van der Waals surface area contributed by atoms with Crippen LogP contribution in [-0.2, 0) is 65.4 Å². The number of aliphatic hydroxyl groups is 1. The standard InChI is InChI=1S/C53H102O17P2/c1-5-9-13-17-21-23-24-28-30-34-38-51(56)64-44-49(70-53(58)40-36-32-27-22-18-14-10-6-2)46-68-72(61,62)66-42-47(54)41-65-71(59,60)67-45-48(69-52(57)39-35-31-26-20-16-12-8-4)43-63-50(55)37-33-29-25-19-15-11-7-3/h47-49,54H,5-46H2,1-4H3,(H,59,60)(H,61,62)/t47-,48-,49-/m1/s1. The van der Waals surface area contributed by atoms with E-state index in [0.717, 1.165) is 122 Å². The average molecular weight is 1070 g/mol. The molecule has 17 nitrogen and oxygen atoms in total. The first-order valence-corrected chi connectivity index (χ1v) is 31.3. The highest BCUT2D eigenvalue weighted by Gasteiger charge is 2.30. The Morgan fingerprint density at radius 3 is 0.819 bits per heavy atom. The molecule has 0 radical (unpaired) electrons. The molecule has 2 unspecified atom stereocenters. The van der Waals surface area contributed by atoms with Crippen molar-refractivity contribution in [3.8, 4) is 0 Å². The second-order valence-electron chi connectivity index (χ2n) is 19.3. The van der Waals surface area contributed by atoms with Crippen molar-refractivity contribution in [1.29, 1.82) is 0 Å². The van der Waals surface area contributed by atoms with E-state index in [4.69, 9.17) is 37.0 Å². The van der Waals surface area contributed by atoms with Crippen LogP contribution >= 0.6 is 15.6 Å². The third-order valence-electron chi connectivity index (χ3n) is 12.1. The fourth-order valence-electron chi connectivity index (χ4n) is 7.69. The number of phosphoric acid groups is 2. The molecule has 0 aromatic heterocycles. The summed E-state index contributed by atoms with van der Waals surface area (Å²) in [7, 11) is -9.85. The van der Waals surface area contributed by atoms with Gasteiger partial charge in [0.25, 0.3) is 0 Å². The Hall–Kier alpha value is -1.94. The summed E-state index contributed by atoms with van der Waals surface area (Å²) in [5.41, 5.74) is 0. The van der Waals surface area contributed by atoms with Crippen molar-refractivity contribution in [3.05, 3.63) is 0 Å². The fourth-order valence-corrected chi connectivity index (χ4v) is 9.27. The van der Waals surface area contributed by atoms with Crippen molar-refractivity contribution >= 4 is 39.5 Å². The zero-order chi connectivity index (χ0) is 53.4. The number of aliphatic hydroxyl groups excluding tert-OH is 1. The molecule has 426 valence electrons. The third-order valence-corrected chi connectivity index (χ3v) is 14.0. The minimum atomic E-state index is -4.93. The van der Waals surface area contributed by atoms with Gasteiger partial charge in [0.05, 0.1) is 26.4 Å². The molecule has 0 aliphatic rings. The Balaban J connectivity index is 5.17. The lowest BCUT2D eigenvalue weighted by atomic mass is 10.1. The predicted octanol–water partition coefficient (Wildman–Crippen LogP) is 13.6. The Kier molecular flexibility index (Phi) is 47.4. The Morgan fingerprint density at radius 1 is 0.333 bits per heavy atom. The van der Waals surface area contributed by atoms with Crippen molar-refractivity contribution in [1.82, 2.24) is 0 Å². The summed E-state index contributed by atoms with van der Waals surface area (Å²) < 4.78 is 67.2. The fraction of sp³-hybridized carbons (Fsp3) is 0.925. The normalized spacial score (nSPS) is 14.5. The maximum absolute atomic E-state index is 12.8. The second kappa shape index (κ2) is 48.7. The molecule has 0 fully saturated rings. The first-order valence-electron chi connectivity index (χ1n) is 28.3. The van der Waals surface area contributed by atoms with Crippen LogP contribution in [0.2, 0.25) is 0 Å². The van der Waals surface area contributed by atoms with Crippen molar-refractivity contribution in [2.75, 3.05) is 39.6 Å². The van der Waals surface area contributed by atoms with E-state index in [1.54, 1.807) is 0 Å². The second-order valence-corrected chi connectivity index (χ2v) is 22.2. The summed E-state index contributed by atoms with van der Waals surface area (Å²) in [5.74, 6) is -2.16. The van der Waals surface area contributed by atoms with Gasteiger partial charge in [-0.1, -0.05) is 207 Å². The zero-order valence-corrected chi connectivity index (χ0v) is 47.2. The number of ether oxygens (including phenoxy) is 4. The molecule has 72 heavy (non-hydrogen) atoms. The molecule has 0 rings (SSSR count). The van der Waals surface area contributed by atoms with E-state index < -0.39 is 97.5 Å². The monoisotopic (exact) mass is 1070 g/mol. The number of phosphoric ester groups is 2. The molecule has 0 amide bonds. The number of carbonyl (C=O) groups is 4. The molecule has 0 spiro atoms. The van der Waals surface area contributed by atoms with Crippen LogP contribution in [0.25, 0.3) is 0 Å². The van der Waals surface area contributed by atoms with Crippen LogP contribution in [0.15, 0.2) is 0 Å². The van der Waals surface area contributed by atoms with Gasteiger partial charge in [0.1, 0.15) is 19.3 Å². The van der Waals surface area contributed by atoms with Crippen LogP contribution in [0.5, 0.6) is 0 Å². The van der Waals surface area contributed by atoms with Crippen LogP contribution in [-0.4, -0.2) is 96.7 Å². The number of rotatable bonds is 54. The molecule has 0 saturated heterocycles. The van der Waals surface area contributed by atoms with Crippen LogP contribution in [0.1, 0.15) is 259 Å². The largest absolute Gasteiger partial charge is 0.472 e. The molecular formula is C53H102O17P2. The van der Waals surface area contributed by atoms with Crippen molar-refractivity contribution in [2.45, 2.75) is 277 Å². The summed E-state index contributed by atoms with van der Waals surface area (Å²) >= 11 is 0. The SMILES string of the molecule is CCCCCCCCCCCCC(=O)OC[C@H](COP(=O)(O)OC[C@H](O)COP(=O)(O)OC[C@@H](COC(=O)CCCCCCCCC)OC(=O)CCCCCCCCC)OC(=O)CCCCCCCCCC. The van der Waals surface area contributed by atoms with E-state index in [1.165, 1.54) is 57.8 Å². The highest BCUT2D eigenvalue weighted by Crippen LogP contribution is 2.45. The average Bonchev–Trinajstić information content (AvgIpc) is 3.35. The quantitative estimate of drug-likeness (QED) is 0.0222. The summed E-state index contributed by atoms with van der Waals surface area (Å²) in [4.78, 5) is 71.3. The molecule has 5 atom stereocenters. The zero-order valence-electron chi connectivity index (χ0n) is 45.4. The van der Waals surface area contributed by atoms with Gasteiger partial charge in [-0.25, -0.2) is 9.13 Å². The number of hydrogen-bond donors (Lipinski definition) is 3. The summed E-state index contributed by atoms with van der Waals surface area (Å²) in [6.07, 6.45) is 29.6. The van der Waals surface area contributed by atoms with Crippen LogP contribution in [0.4, 0.5) is 0 Å². The lowest BCUT2D eigenvalue weighted by molar-refractivity contribution is -0.161. The van der Waals surface area contributed by atoms with Crippen LogP contribution in [0.3, 0.4) is 0 Å². The lowest BCUT2D eigenvalue weighted by Gasteiger charge is -2.21. The number of carbonyl (C=O) groups excluding carboxylic acids is 4. The third kappa shape index (κ3) is 47.8. The van der Waals surface area contributed by atoms with Crippen molar-refractivity contribution < 1.29 is 80.2 Å². The summed E-state index contributed by atoms with van der Waals surface area (Å²) in [6, 6.07) is 0. The molecule has 0 aromatic carbocycles. The molecule has 19 heteroatoms. The number of esters is 4. The van der Waals surface area contributed by atoms with Gasteiger partial charge in [0.2, 0.25) is 0 Å². The molecule has 0 bridgehead atoms. The molecule has 0 aromatic rings. The van der Waals surface area contributed by atoms with Gasteiger partial charge in [-0.15, -0.1) is 0 Å². The Labute approximate surface area is 435 Å². The number of hydrogen-bond acceptors (Lipinski definition) is 15. The van der Waals surface area contributed by atoms with Crippen molar-refractivity contribution in [2.24, 2.45) is 0 Å². The molecule has 0 saturated carbocycles. The number of unbranched alkanes of at least 4 members (excludes halogenated alkanes) is 28. The van der Waals surface area contributed by atoms with E-state index >= 15 is 0 Å². The topological polar surface area (TPSA) is 237 Å². The van der Waals surface area contributed by atoms with E-state index in [1.807, 2.05) is 0 Å². The van der Waals surface area contributed by atoms with Gasteiger partial charge in [-0.2, -0.15) is 0 Å². The lowest BCUT2D eigenvalue weighted by Crippen LogP contribution is -2.30. The van der Waals surface area contributed by atoms with Crippen LogP contribution < -0.4 is 0 Å². The van der Waals surface area contributed by atoms with Gasteiger partial charge in [-0.3, -0.25) is 37.3 Å². The predicted molar refractivity (Wildman–Crippen MR) is 280 cm³/mol. The van der Waals surface area contributed by atoms with Gasteiger partial charge in [0.15, 0.2) is 12.2 Å². The first-order chi connectivity index (χ1) is 34.7. The van der Waals surface area contributed by atoms with E-state index in [0.29, 0.717) is 25.7 Å². The van der Waals surface area contributed by atoms with Crippen LogP contribution in [0, 0.1) is 0 Å². The van der Waals surface area contributed by atoms with Crippen molar-refractivity contribution in [3.63, 3.8) is 0 Å². The maximum Gasteiger partial charge on any atom is 0.472 e. The summed E-state index contributed by atoms with van der Waals surface area (Å²) in [5, 5.41) is 10.4. The smallest absolute Gasteiger partial charge is 0.462 e. The van der Waals surface area contributed by atoms with Gasteiger partial charge < -0.3 is 33.8 Å². The molecule has 3 N–H and O–H groups in total. The first kappa shape index (κ1) is 70.1. The Morgan fingerprint density at radius 2 is 0.556 bits per heavy atom. The molecule has 0 aliphatic heterocycles. The highest BCUT2D eigenvalue weighted by atomic mass is 31.2. The van der Waals surface area contributed by atoms with Gasteiger partial charge in [-0.05, 0) is 25.7 Å². The van der Waals surface area contributed by atoms with E-state index in [9.17, 15) is 43.2 Å². The maximum atomic E-state index is 12.8. The van der Waals surface area contributed by atoms with Gasteiger partial charge >= 0.3 is 39.5 Å². The highest BCUT2D eigenvalue weighted by molar-refractivity contribution is 7.47. The van der Waals surface area contributed by atoms with E-state index in [-0.39, 0.29) is 25.7 Å². The molecule has 0 aliphatic carbocycles.